The molecule has 0 aliphatic heterocycles. The van der Waals surface area contributed by atoms with Gasteiger partial charge in [0.25, 0.3) is 0 Å². The minimum absolute atomic E-state index is 0.0724. The van der Waals surface area contributed by atoms with Gasteiger partial charge in [0.05, 0.1) is 4.90 Å². The van der Waals surface area contributed by atoms with Crippen LogP contribution in [0.5, 0.6) is 0 Å². The van der Waals surface area contributed by atoms with E-state index in [1.54, 1.807) is 19.1 Å². The number of carbonyl (C=O) groups is 1. The Morgan fingerprint density at radius 1 is 1.44 bits per heavy atom. The normalized spacial score (nSPS) is 11.4. The molecular formula is C11H14ClNO4S. The molecule has 0 fully saturated rings. The van der Waals surface area contributed by atoms with Gasteiger partial charge in [-0.25, -0.2) is 13.1 Å². The lowest BCUT2D eigenvalue weighted by Crippen LogP contribution is -2.25. The molecule has 0 radical (unpaired) electrons. The molecule has 0 unspecified atom stereocenters. The first-order valence-electron chi connectivity index (χ1n) is 5.30. The maximum absolute atomic E-state index is 11.9. The van der Waals surface area contributed by atoms with Crippen LogP contribution < -0.4 is 4.72 Å². The van der Waals surface area contributed by atoms with Gasteiger partial charge in [0.2, 0.25) is 10.0 Å². The first-order chi connectivity index (χ1) is 8.33. The highest BCUT2D eigenvalue weighted by atomic mass is 35.5. The van der Waals surface area contributed by atoms with Crippen LogP contribution in [0.2, 0.25) is 5.02 Å². The third-order valence-corrected chi connectivity index (χ3v) is 4.14. The van der Waals surface area contributed by atoms with Crippen molar-refractivity contribution < 1.29 is 18.3 Å². The van der Waals surface area contributed by atoms with E-state index in [0.29, 0.717) is 10.6 Å². The van der Waals surface area contributed by atoms with Crippen molar-refractivity contribution in [3.05, 3.63) is 28.8 Å². The molecule has 5 nitrogen and oxygen atoms in total. The standard InChI is InChI=1S/C11H14ClNO4S/c1-8-4-5-9(12)7-10(8)18(16,17)13-6-2-3-11(14)15/h4-5,7,13H,2-3,6H2,1H3,(H,14,15). The number of benzene rings is 1. The zero-order chi connectivity index (χ0) is 13.8. The average molecular weight is 292 g/mol. The molecule has 1 aromatic rings. The summed E-state index contributed by atoms with van der Waals surface area (Å²) in [5, 5.41) is 8.79. The van der Waals surface area contributed by atoms with Crippen LogP contribution in [-0.2, 0) is 14.8 Å². The van der Waals surface area contributed by atoms with Crippen LogP contribution in [0.15, 0.2) is 23.1 Å². The molecule has 0 amide bonds. The molecule has 0 atom stereocenters. The molecule has 1 rings (SSSR count). The van der Waals surface area contributed by atoms with E-state index in [-0.39, 0.29) is 24.3 Å². The van der Waals surface area contributed by atoms with E-state index in [2.05, 4.69) is 4.72 Å². The molecule has 0 bridgehead atoms. The molecule has 7 heteroatoms. The number of sulfonamides is 1. The number of aliphatic carboxylic acids is 1. The molecule has 0 saturated heterocycles. The smallest absolute Gasteiger partial charge is 0.303 e. The van der Waals surface area contributed by atoms with E-state index in [9.17, 15) is 13.2 Å². The van der Waals surface area contributed by atoms with Crippen molar-refractivity contribution in [2.75, 3.05) is 6.54 Å². The first kappa shape index (κ1) is 14.9. The van der Waals surface area contributed by atoms with Crippen LogP contribution in [0, 0.1) is 6.92 Å². The highest BCUT2D eigenvalue weighted by molar-refractivity contribution is 7.89. The molecule has 2 N–H and O–H groups in total. The Labute approximate surface area is 111 Å². The number of hydrogen-bond acceptors (Lipinski definition) is 3. The Morgan fingerprint density at radius 2 is 2.11 bits per heavy atom. The number of carboxylic acid groups (broad SMARTS) is 1. The van der Waals surface area contributed by atoms with Crippen LogP contribution in [0.25, 0.3) is 0 Å². The van der Waals surface area contributed by atoms with Gasteiger partial charge >= 0.3 is 5.97 Å². The Balaban J connectivity index is 2.74. The van der Waals surface area contributed by atoms with Gasteiger partial charge in [-0.15, -0.1) is 0 Å². The monoisotopic (exact) mass is 291 g/mol. The summed E-state index contributed by atoms with van der Waals surface area (Å²) in [5.74, 6) is -0.951. The number of nitrogens with one attached hydrogen (secondary N) is 1. The lowest BCUT2D eigenvalue weighted by molar-refractivity contribution is -0.137. The van der Waals surface area contributed by atoms with Crippen LogP contribution in [0.4, 0.5) is 0 Å². The largest absolute Gasteiger partial charge is 0.481 e. The predicted octanol–water partition coefficient (Wildman–Crippen LogP) is 1.79. The molecule has 0 aromatic heterocycles. The fraction of sp³-hybridized carbons (Fsp3) is 0.364. The van der Waals surface area contributed by atoms with Crippen molar-refractivity contribution in [3.63, 3.8) is 0 Å². The number of rotatable bonds is 6. The summed E-state index contributed by atoms with van der Waals surface area (Å²) in [7, 11) is -3.64. The third kappa shape index (κ3) is 4.29. The molecule has 18 heavy (non-hydrogen) atoms. The van der Waals surface area contributed by atoms with Crippen molar-refractivity contribution in [1.29, 1.82) is 0 Å². The lowest BCUT2D eigenvalue weighted by atomic mass is 10.2. The summed E-state index contributed by atoms with van der Waals surface area (Å²) in [5.41, 5.74) is 0.588. The van der Waals surface area contributed by atoms with E-state index in [4.69, 9.17) is 16.7 Å². The fourth-order valence-corrected chi connectivity index (χ4v) is 2.97. The molecular weight excluding hydrogens is 278 g/mol. The van der Waals surface area contributed by atoms with Gasteiger partial charge in [0.15, 0.2) is 0 Å². The molecule has 100 valence electrons. The van der Waals surface area contributed by atoms with Crippen molar-refractivity contribution in [2.45, 2.75) is 24.7 Å². The van der Waals surface area contributed by atoms with Gasteiger partial charge in [-0.3, -0.25) is 4.79 Å². The van der Waals surface area contributed by atoms with E-state index in [1.165, 1.54) is 6.07 Å². The Morgan fingerprint density at radius 3 is 2.72 bits per heavy atom. The third-order valence-electron chi connectivity index (χ3n) is 2.30. The van der Waals surface area contributed by atoms with E-state index < -0.39 is 16.0 Å². The average Bonchev–Trinajstić information content (AvgIpc) is 2.27. The number of aryl methyl sites for hydroxylation is 1. The molecule has 0 aliphatic rings. The SMILES string of the molecule is Cc1ccc(Cl)cc1S(=O)(=O)NCCCC(=O)O. The zero-order valence-electron chi connectivity index (χ0n) is 9.81. The second-order valence-corrected chi connectivity index (χ2v) is 5.98. The summed E-state index contributed by atoms with van der Waals surface area (Å²) in [4.78, 5) is 10.4. The van der Waals surface area contributed by atoms with Crippen molar-refractivity contribution in [3.8, 4) is 0 Å². The highest BCUT2D eigenvalue weighted by Gasteiger charge is 2.16. The maximum atomic E-state index is 11.9. The molecule has 0 spiro atoms. The van der Waals surface area contributed by atoms with Crippen LogP contribution in [0.3, 0.4) is 0 Å². The summed E-state index contributed by atoms with van der Waals surface area (Å²) in [6, 6.07) is 4.60. The van der Waals surface area contributed by atoms with Gasteiger partial charge < -0.3 is 5.11 Å². The quantitative estimate of drug-likeness (QED) is 0.783. The van der Waals surface area contributed by atoms with Gasteiger partial charge in [-0.1, -0.05) is 17.7 Å². The molecule has 0 aliphatic carbocycles. The topological polar surface area (TPSA) is 83.5 Å². The lowest BCUT2D eigenvalue weighted by Gasteiger charge is -2.09. The Bertz CT molecular complexity index is 542. The predicted molar refractivity (Wildman–Crippen MR) is 68.2 cm³/mol. The van der Waals surface area contributed by atoms with Crippen LogP contribution in [0.1, 0.15) is 18.4 Å². The van der Waals surface area contributed by atoms with Crippen molar-refractivity contribution >= 4 is 27.6 Å². The van der Waals surface area contributed by atoms with E-state index in [0.717, 1.165) is 0 Å². The Hall–Kier alpha value is -1.11. The number of carboxylic acids is 1. The molecule has 0 heterocycles. The first-order valence-corrected chi connectivity index (χ1v) is 7.16. The van der Waals surface area contributed by atoms with Crippen molar-refractivity contribution in [1.82, 2.24) is 4.72 Å². The highest BCUT2D eigenvalue weighted by Crippen LogP contribution is 2.19. The van der Waals surface area contributed by atoms with Crippen LogP contribution in [-0.4, -0.2) is 26.0 Å². The zero-order valence-corrected chi connectivity index (χ0v) is 11.4. The Kier molecular flexibility index (Phi) is 5.13. The summed E-state index contributed by atoms with van der Waals surface area (Å²) < 4.78 is 26.2. The van der Waals surface area contributed by atoms with Gasteiger partial charge in [0, 0.05) is 18.0 Å². The number of halogens is 1. The second-order valence-electron chi connectivity index (χ2n) is 3.80. The minimum Gasteiger partial charge on any atom is -0.481 e. The van der Waals surface area contributed by atoms with E-state index in [1.807, 2.05) is 0 Å². The molecule has 0 saturated carbocycles. The molecule has 1 aromatic carbocycles. The van der Waals surface area contributed by atoms with E-state index >= 15 is 0 Å². The minimum atomic E-state index is -3.64. The summed E-state index contributed by atoms with van der Waals surface area (Å²) in [6.07, 6.45) is 0.172. The summed E-state index contributed by atoms with van der Waals surface area (Å²) >= 11 is 5.76. The van der Waals surface area contributed by atoms with Crippen LogP contribution >= 0.6 is 11.6 Å². The number of hydrogen-bond donors (Lipinski definition) is 2. The summed E-state index contributed by atoms with van der Waals surface area (Å²) in [6.45, 7) is 1.75. The van der Waals surface area contributed by atoms with Gasteiger partial charge in [0.1, 0.15) is 0 Å². The second kappa shape index (κ2) is 6.17. The van der Waals surface area contributed by atoms with Crippen molar-refractivity contribution in [2.24, 2.45) is 0 Å². The fourth-order valence-electron chi connectivity index (χ4n) is 1.39. The maximum Gasteiger partial charge on any atom is 0.303 e. The van der Waals surface area contributed by atoms with Gasteiger partial charge in [-0.2, -0.15) is 0 Å². The van der Waals surface area contributed by atoms with Gasteiger partial charge in [-0.05, 0) is 31.0 Å².